The highest BCUT2D eigenvalue weighted by Gasteiger charge is 2.43. The van der Waals surface area contributed by atoms with Crippen molar-refractivity contribution >= 4 is 21.7 Å². The fraction of sp³-hybridized carbons (Fsp3) is 0.205. The number of hydrogen-bond acceptors (Lipinski definition) is 5. The van der Waals surface area contributed by atoms with Crippen LogP contribution in [0.5, 0.6) is 11.6 Å². The molecule has 0 aliphatic heterocycles. The minimum absolute atomic E-state index is 0.475. The van der Waals surface area contributed by atoms with Crippen molar-refractivity contribution in [2.24, 2.45) is 0 Å². The number of benzene rings is 5. The smallest absolute Gasteiger partial charge is 0.217 e. The zero-order chi connectivity index (χ0) is 30.5. The summed E-state index contributed by atoms with van der Waals surface area (Å²) in [4.78, 5) is 7.21. The number of aliphatic hydroxyl groups is 1. The molecule has 222 valence electrons. The normalized spacial score (nSPS) is 13.6. The van der Waals surface area contributed by atoms with Gasteiger partial charge in [0.25, 0.3) is 0 Å². The topological polar surface area (TPSA) is 54.8 Å². The van der Waals surface area contributed by atoms with Gasteiger partial charge in [-0.05, 0) is 65.2 Å². The van der Waals surface area contributed by atoms with Gasteiger partial charge >= 0.3 is 0 Å². The number of rotatable bonds is 11. The van der Waals surface area contributed by atoms with Gasteiger partial charge in [0.1, 0.15) is 11.4 Å². The SMILES string of the molecule is COc1ccc2nc(OC)c(C(c3ccccc3)C(O)(CCN(C)Cc3ccccc3)c3cccc4ccccc34)cc2c1. The number of ether oxygens (including phenoxy) is 2. The van der Waals surface area contributed by atoms with Gasteiger partial charge in [-0.25, -0.2) is 4.98 Å². The lowest BCUT2D eigenvalue weighted by Crippen LogP contribution is -2.38. The molecule has 5 aromatic carbocycles. The molecule has 0 saturated carbocycles. The second-order valence-corrected chi connectivity index (χ2v) is 11.4. The number of methoxy groups -OCH3 is 2. The zero-order valence-electron chi connectivity index (χ0n) is 25.5. The fourth-order valence-corrected chi connectivity index (χ4v) is 6.38. The van der Waals surface area contributed by atoms with E-state index >= 15 is 0 Å². The van der Waals surface area contributed by atoms with Crippen LogP contribution < -0.4 is 9.47 Å². The maximum absolute atomic E-state index is 13.4. The molecule has 5 nitrogen and oxygen atoms in total. The summed E-state index contributed by atoms with van der Waals surface area (Å²) in [5.41, 5.74) is 3.39. The summed E-state index contributed by atoms with van der Waals surface area (Å²) >= 11 is 0. The molecule has 0 bridgehead atoms. The van der Waals surface area contributed by atoms with Crippen molar-refractivity contribution < 1.29 is 14.6 Å². The summed E-state index contributed by atoms with van der Waals surface area (Å²) in [6.07, 6.45) is 0.475. The lowest BCUT2D eigenvalue weighted by Gasteiger charge is -2.39. The number of aromatic nitrogens is 1. The minimum Gasteiger partial charge on any atom is -0.497 e. The highest BCUT2D eigenvalue weighted by atomic mass is 16.5. The molecule has 1 heterocycles. The molecule has 5 heteroatoms. The molecular weight excluding hydrogens is 544 g/mol. The first-order chi connectivity index (χ1) is 21.5. The summed E-state index contributed by atoms with van der Waals surface area (Å²) < 4.78 is 11.5. The van der Waals surface area contributed by atoms with Crippen LogP contribution in [-0.2, 0) is 12.1 Å². The van der Waals surface area contributed by atoms with E-state index in [0.717, 1.165) is 50.7 Å². The van der Waals surface area contributed by atoms with Gasteiger partial charge in [0.15, 0.2) is 0 Å². The van der Waals surface area contributed by atoms with Crippen molar-refractivity contribution in [2.75, 3.05) is 27.8 Å². The molecule has 0 amide bonds. The van der Waals surface area contributed by atoms with Gasteiger partial charge in [0.2, 0.25) is 5.88 Å². The molecule has 44 heavy (non-hydrogen) atoms. The van der Waals surface area contributed by atoms with Crippen molar-refractivity contribution in [3.63, 3.8) is 0 Å². The van der Waals surface area contributed by atoms with E-state index < -0.39 is 11.5 Å². The third kappa shape index (κ3) is 5.89. The Morgan fingerprint density at radius 3 is 2.20 bits per heavy atom. The molecule has 0 spiro atoms. The maximum atomic E-state index is 13.4. The van der Waals surface area contributed by atoms with Crippen LogP contribution in [0, 0.1) is 0 Å². The first-order valence-electron chi connectivity index (χ1n) is 15.0. The average Bonchev–Trinajstić information content (AvgIpc) is 3.07. The van der Waals surface area contributed by atoms with Gasteiger partial charge in [0.05, 0.1) is 19.7 Å². The van der Waals surface area contributed by atoms with Crippen LogP contribution in [0.1, 0.15) is 34.6 Å². The standard InChI is InChI=1S/C39H38N2O3/c1-41(27-28-13-6-4-7-14-28)24-23-39(42,35-20-12-18-29-15-10-11-19-33(29)35)37(30-16-8-5-9-17-30)34-26-31-25-32(43-2)21-22-36(31)40-38(34)44-3/h4-22,25-26,37,42H,23-24,27H2,1-3H3. The predicted molar refractivity (Wildman–Crippen MR) is 178 cm³/mol. The Morgan fingerprint density at radius 2 is 1.45 bits per heavy atom. The van der Waals surface area contributed by atoms with Crippen LogP contribution in [0.4, 0.5) is 0 Å². The summed E-state index contributed by atoms with van der Waals surface area (Å²) in [7, 11) is 5.42. The molecule has 0 aliphatic carbocycles. The molecule has 0 saturated heterocycles. The van der Waals surface area contributed by atoms with Gasteiger partial charge in [-0.15, -0.1) is 0 Å². The first kappa shape index (κ1) is 29.4. The van der Waals surface area contributed by atoms with E-state index in [-0.39, 0.29) is 0 Å². The van der Waals surface area contributed by atoms with Crippen LogP contribution in [0.15, 0.2) is 127 Å². The largest absolute Gasteiger partial charge is 0.497 e. The highest BCUT2D eigenvalue weighted by Crippen LogP contribution is 2.49. The summed E-state index contributed by atoms with van der Waals surface area (Å²) in [5, 5.41) is 16.5. The van der Waals surface area contributed by atoms with Gasteiger partial charge in [-0.3, -0.25) is 0 Å². The molecule has 0 aliphatic rings. The molecular formula is C39H38N2O3. The fourth-order valence-electron chi connectivity index (χ4n) is 6.38. The lowest BCUT2D eigenvalue weighted by atomic mass is 9.70. The quantitative estimate of drug-likeness (QED) is 0.168. The molecule has 0 fully saturated rings. The van der Waals surface area contributed by atoms with Crippen molar-refractivity contribution in [1.82, 2.24) is 9.88 Å². The number of pyridine rings is 1. The van der Waals surface area contributed by atoms with E-state index in [1.54, 1.807) is 14.2 Å². The monoisotopic (exact) mass is 582 g/mol. The maximum Gasteiger partial charge on any atom is 0.217 e. The third-order valence-corrected chi connectivity index (χ3v) is 8.56. The Hall–Kier alpha value is -4.71. The Morgan fingerprint density at radius 1 is 0.750 bits per heavy atom. The Kier molecular flexibility index (Phi) is 8.60. The van der Waals surface area contributed by atoms with Gasteiger partial charge in [-0.2, -0.15) is 0 Å². The van der Waals surface area contributed by atoms with Crippen molar-refractivity contribution in [2.45, 2.75) is 24.5 Å². The molecule has 1 aromatic heterocycles. The highest BCUT2D eigenvalue weighted by molar-refractivity contribution is 5.87. The Labute approximate surface area is 259 Å². The van der Waals surface area contributed by atoms with E-state index in [1.807, 2.05) is 60.7 Å². The molecule has 0 radical (unpaired) electrons. The molecule has 6 aromatic rings. The third-order valence-electron chi connectivity index (χ3n) is 8.56. The number of nitrogens with zero attached hydrogens (tertiary/aromatic N) is 2. The minimum atomic E-state index is -1.32. The predicted octanol–water partition coefficient (Wildman–Crippen LogP) is 7.95. The van der Waals surface area contributed by atoms with E-state index in [0.29, 0.717) is 18.8 Å². The molecule has 1 N–H and O–H groups in total. The molecule has 6 rings (SSSR count). The van der Waals surface area contributed by atoms with Crippen LogP contribution in [0.25, 0.3) is 21.7 Å². The van der Waals surface area contributed by atoms with Crippen molar-refractivity contribution in [1.29, 1.82) is 0 Å². The van der Waals surface area contributed by atoms with E-state index in [9.17, 15) is 5.11 Å². The van der Waals surface area contributed by atoms with E-state index in [2.05, 4.69) is 78.7 Å². The molecule has 2 atom stereocenters. The van der Waals surface area contributed by atoms with Crippen molar-refractivity contribution in [3.8, 4) is 11.6 Å². The molecule has 2 unspecified atom stereocenters. The van der Waals surface area contributed by atoms with E-state index in [4.69, 9.17) is 14.5 Å². The Bertz CT molecular complexity index is 1850. The van der Waals surface area contributed by atoms with Gasteiger partial charge < -0.3 is 19.5 Å². The van der Waals surface area contributed by atoms with Gasteiger partial charge in [-0.1, -0.05) is 103 Å². The summed E-state index contributed by atoms with van der Waals surface area (Å²) in [5.74, 6) is 0.754. The number of fused-ring (bicyclic) bond motifs is 2. The van der Waals surface area contributed by atoms with Crippen LogP contribution >= 0.6 is 0 Å². The van der Waals surface area contributed by atoms with Gasteiger partial charge in [0, 0.05) is 30.0 Å². The zero-order valence-corrected chi connectivity index (χ0v) is 25.5. The number of hydrogen-bond donors (Lipinski definition) is 1. The Balaban J connectivity index is 1.56. The summed E-state index contributed by atoms with van der Waals surface area (Å²) in [6.45, 7) is 1.44. The summed E-state index contributed by atoms with van der Waals surface area (Å²) in [6, 6.07) is 43.1. The van der Waals surface area contributed by atoms with Crippen LogP contribution in [0.2, 0.25) is 0 Å². The average molecular weight is 583 g/mol. The second kappa shape index (κ2) is 12.9. The first-order valence-corrected chi connectivity index (χ1v) is 15.0. The second-order valence-electron chi connectivity index (χ2n) is 11.4. The van der Waals surface area contributed by atoms with Crippen molar-refractivity contribution in [3.05, 3.63) is 150 Å². The van der Waals surface area contributed by atoms with E-state index in [1.165, 1.54) is 5.56 Å². The van der Waals surface area contributed by atoms with Crippen LogP contribution in [0.3, 0.4) is 0 Å². The van der Waals surface area contributed by atoms with Crippen LogP contribution in [-0.4, -0.2) is 42.8 Å². The lowest BCUT2D eigenvalue weighted by molar-refractivity contribution is 0.00308.